The number of barbiturate groups is 1. The summed E-state index contributed by atoms with van der Waals surface area (Å²) in [6.07, 6.45) is -0.301. The van der Waals surface area contributed by atoms with E-state index in [1.165, 1.54) is 0 Å². The number of methoxy groups -OCH3 is 1. The molecule has 5 rings (SSSR count). The summed E-state index contributed by atoms with van der Waals surface area (Å²) in [6.45, 7) is 4.37. The van der Waals surface area contributed by atoms with Crippen LogP contribution in [0.15, 0.2) is 42.5 Å². The first-order valence-electron chi connectivity index (χ1n) is 10.7. The Balaban J connectivity index is 1.67. The fraction of sp³-hybridized carbons (Fsp3) is 0.375. The zero-order valence-corrected chi connectivity index (χ0v) is 18.2. The molecule has 2 N–H and O–H groups in total. The summed E-state index contributed by atoms with van der Waals surface area (Å²) in [5.41, 5.74) is 2.33. The molecule has 4 amide bonds. The van der Waals surface area contributed by atoms with Gasteiger partial charge in [0.2, 0.25) is 11.8 Å². The number of carbonyl (C=O) groups is 3. The van der Waals surface area contributed by atoms with Crippen LogP contribution < -0.4 is 20.3 Å². The second-order valence-corrected chi connectivity index (χ2v) is 8.68. The average Bonchev–Trinajstić information content (AvgIpc) is 2.76. The Labute approximate surface area is 185 Å². The monoisotopic (exact) mass is 435 g/mol. The molecule has 2 fully saturated rings. The molecular formula is C24H25N3O5. The smallest absolute Gasteiger partial charge is 0.328 e. The van der Waals surface area contributed by atoms with Crippen LogP contribution in [-0.2, 0) is 20.7 Å². The highest BCUT2D eigenvalue weighted by molar-refractivity contribution is 6.20. The van der Waals surface area contributed by atoms with Crippen LogP contribution in [0.5, 0.6) is 5.75 Å². The Bertz CT molecular complexity index is 1110. The fourth-order valence-electron chi connectivity index (χ4n) is 5.47. The van der Waals surface area contributed by atoms with Crippen LogP contribution in [0.3, 0.4) is 0 Å². The van der Waals surface area contributed by atoms with Gasteiger partial charge in [-0.2, -0.15) is 0 Å². The van der Waals surface area contributed by atoms with Crippen molar-refractivity contribution in [3.05, 3.63) is 48.0 Å². The first kappa shape index (κ1) is 20.5. The van der Waals surface area contributed by atoms with Crippen molar-refractivity contribution in [2.45, 2.75) is 38.5 Å². The number of nitrogens with zero attached hydrogens (tertiary/aromatic N) is 1. The number of urea groups is 1. The molecule has 0 bridgehead atoms. The molecule has 8 heteroatoms. The van der Waals surface area contributed by atoms with Crippen molar-refractivity contribution in [1.29, 1.82) is 0 Å². The molecule has 2 saturated heterocycles. The van der Waals surface area contributed by atoms with E-state index in [-0.39, 0.29) is 12.5 Å². The fourth-order valence-corrected chi connectivity index (χ4v) is 5.47. The second kappa shape index (κ2) is 7.34. The summed E-state index contributed by atoms with van der Waals surface area (Å²) in [5, 5.41) is 4.62. The Hall–Kier alpha value is -3.39. The van der Waals surface area contributed by atoms with Crippen LogP contribution in [0.2, 0.25) is 0 Å². The lowest BCUT2D eigenvalue weighted by Gasteiger charge is -2.55. The normalized spacial score (nSPS) is 26.2. The maximum Gasteiger partial charge on any atom is 0.328 e. The van der Waals surface area contributed by atoms with Crippen LogP contribution in [-0.4, -0.2) is 49.7 Å². The van der Waals surface area contributed by atoms with Crippen LogP contribution in [0.25, 0.3) is 11.1 Å². The molecule has 0 radical (unpaired) electrons. The van der Waals surface area contributed by atoms with Crippen molar-refractivity contribution < 1.29 is 23.9 Å². The van der Waals surface area contributed by atoms with E-state index < -0.39 is 35.4 Å². The number of morpholine rings is 1. The molecule has 2 aromatic carbocycles. The number of hydrogen-bond donors (Lipinski definition) is 2. The Morgan fingerprint density at radius 2 is 1.78 bits per heavy atom. The van der Waals surface area contributed by atoms with E-state index >= 15 is 0 Å². The maximum atomic E-state index is 13.2. The predicted octanol–water partition coefficient (Wildman–Crippen LogP) is 2.25. The zero-order chi connectivity index (χ0) is 22.6. The molecule has 0 saturated carbocycles. The molecular weight excluding hydrogens is 410 g/mol. The number of amides is 4. The second-order valence-electron chi connectivity index (χ2n) is 8.68. The third-order valence-corrected chi connectivity index (χ3v) is 6.73. The minimum Gasteiger partial charge on any atom is -0.496 e. The van der Waals surface area contributed by atoms with Gasteiger partial charge >= 0.3 is 6.03 Å². The predicted molar refractivity (Wildman–Crippen MR) is 117 cm³/mol. The lowest BCUT2D eigenvalue weighted by Crippen LogP contribution is -2.75. The number of nitrogens with one attached hydrogen (secondary N) is 2. The highest BCUT2D eigenvalue weighted by Gasteiger charge is 2.62. The van der Waals surface area contributed by atoms with E-state index in [9.17, 15) is 14.4 Å². The van der Waals surface area contributed by atoms with E-state index in [1.54, 1.807) is 7.11 Å². The van der Waals surface area contributed by atoms with Crippen LogP contribution in [0, 0.1) is 5.41 Å². The van der Waals surface area contributed by atoms with Crippen molar-refractivity contribution in [2.75, 3.05) is 18.6 Å². The molecule has 1 spiro atoms. The van der Waals surface area contributed by atoms with Crippen molar-refractivity contribution in [3.8, 4) is 16.9 Å². The molecule has 2 aromatic rings. The molecule has 3 aliphatic rings. The van der Waals surface area contributed by atoms with E-state index in [0.717, 1.165) is 28.1 Å². The van der Waals surface area contributed by atoms with Crippen molar-refractivity contribution in [2.24, 2.45) is 5.41 Å². The lowest BCUT2D eigenvalue weighted by molar-refractivity contribution is -0.153. The first-order chi connectivity index (χ1) is 15.3. The summed E-state index contributed by atoms with van der Waals surface area (Å²) in [4.78, 5) is 40.2. The third kappa shape index (κ3) is 2.90. The van der Waals surface area contributed by atoms with E-state index in [0.29, 0.717) is 6.54 Å². The molecule has 32 heavy (non-hydrogen) atoms. The number of imide groups is 2. The van der Waals surface area contributed by atoms with E-state index in [4.69, 9.17) is 9.47 Å². The van der Waals surface area contributed by atoms with Gasteiger partial charge in [0.15, 0.2) is 5.41 Å². The lowest BCUT2D eigenvalue weighted by atomic mass is 9.66. The molecule has 0 aromatic heterocycles. The van der Waals surface area contributed by atoms with Gasteiger partial charge in [-0.25, -0.2) is 4.79 Å². The van der Waals surface area contributed by atoms with Crippen molar-refractivity contribution in [1.82, 2.24) is 10.6 Å². The van der Waals surface area contributed by atoms with Gasteiger partial charge in [0.05, 0.1) is 25.4 Å². The summed E-state index contributed by atoms with van der Waals surface area (Å²) in [5.74, 6) is -0.388. The van der Waals surface area contributed by atoms with Crippen LogP contribution in [0.1, 0.15) is 19.4 Å². The SMILES string of the molecule is COc1ccccc1-c1ccc2c(c1)N1CC(C)OC(C)C1C1(C2)C(=O)NC(=O)NC1=O. The highest BCUT2D eigenvalue weighted by atomic mass is 16.5. The Morgan fingerprint density at radius 3 is 2.50 bits per heavy atom. The maximum absolute atomic E-state index is 13.2. The zero-order valence-electron chi connectivity index (χ0n) is 18.2. The van der Waals surface area contributed by atoms with E-state index in [2.05, 4.69) is 21.6 Å². The Morgan fingerprint density at radius 1 is 1.06 bits per heavy atom. The van der Waals surface area contributed by atoms with Crippen molar-refractivity contribution >= 4 is 23.5 Å². The third-order valence-electron chi connectivity index (χ3n) is 6.73. The number of fused-ring (bicyclic) bond motifs is 4. The highest BCUT2D eigenvalue weighted by Crippen LogP contribution is 2.48. The minimum atomic E-state index is -1.45. The minimum absolute atomic E-state index is 0.0875. The number of hydrogen-bond acceptors (Lipinski definition) is 6. The molecule has 3 atom stereocenters. The summed E-state index contributed by atoms with van der Waals surface area (Å²) >= 11 is 0. The quantitative estimate of drug-likeness (QED) is 0.703. The molecule has 3 aliphatic heterocycles. The van der Waals surface area contributed by atoms with Gasteiger partial charge in [-0.1, -0.05) is 30.3 Å². The van der Waals surface area contributed by atoms with Crippen LogP contribution in [0.4, 0.5) is 10.5 Å². The topological polar surface area (TPSA) is 97.0 Å². The summed E-state index contributed by atoms with van der Waals surface area (Å²) < 4.78 is 11.6. The number of rotatable bonds is 2. The Kier molecular flexibility index (Phi) is 4.70. The number of ether oxygens (including phenoxy) is 2. The van der Waals surface area contributed by atoms with Crippen molar-refractivity contribution in [3.63, 3.8) is 0 Å². The number of benzene rings is 2. The summed E-state index contributed by atoms with van der Waals surface area (Å²) in [6, 6.07) is 12.5. The van der Waals surface area contributed by atoms with Gasteiger partial charge in [-0.05, 0) is 43.5 Å². The largest absolute Gasteiger partial charge is 0.496 e. The first-order valence-corrected chi connectivity index (χ1v) is 10.7. The van der Waals surface area contributed by atoms with Gasteiger partial charge < -0.3 is 14.4 Å². The average molecular weight is 435 g/mol. The molecule has 3 unspecified atom stereocenters. The van der Waals surface area contributed by atoms with Gasteiger partial charge in [0.25, 0.3) is 0 Å². The van der Waals surface area contributed by atoms with Gasteiger partial charge in [0, 0.05) is 17.8 Å². The molecule has 166 valence electrons. The van der Waals surface area contributed by atoms with Crippen LogP contribution >= 0.6 is 0 Å². The van der Waals surface area contributed by atoms with Gasteiger partial charge in [-0.15, -0.1) is 0 Å². The number of para-hydroxylation sites is 1. The molecule has 3 heterocycles. The molecule has 0 aliphatic carbocycles. The summed E-state index contributed by atoms with van der Waals surface area (Å²) in [7, 11) is 1.64. The van der Waals surface area contributed by atoms with Gasteiger partial charge in [0.1, 0.15) is 5.75 Å². The number of anilines is 1. The van der Waals surface area contributed by atoms with Gasteiger partial charge in [-0.3, -0.25) is 20.2 Å². The standard InChI is InChI=1S/C24H25N3O5/c1-13-12-27-18-10-15(17-6-4-5-7-19(17)31-3)8-9-16(18)11-24(20(27)14(2)32-13)21(28)25-23(30)26-22(24)29/h4-10,13-14,20H,11-12H2,1-3H3,(H2,25,26,28,29,30). The number of carbonyl (C=O) groups excluding carboxylic acids is 3. The van der Waals surface area contributed by atoms with E-state index in [1.807, 2.05) is 50.2 Å². The molecule has 8 nitrogen and oxygen atoms in total.